The molecule has 138 valence electrons. The van der Waals surface area contributed by atoms with Crippen LogP contribution in [0.2, 0.25) is 5.02 Å². The van der Waals surface area contributed by atoms with Gasteiger partial charge in [-0.25, -0.2) is 12.8 Å². The van der Waals surface area contributed by atoms with E-state index < -0.39 is 21.6 Å². The van der Waals surface area contributed by atoms with Crippen molar-refractivity contribution in [1.29, 1.82) is 0 Å². The first-order chi connectivity index (χ1) is 12.8. The minimum atomic E-state index is -3.89. The van der Waals surface area contributed by atoms with E-state index in [9.17, 15) is 17.6 Å². The summed E-state index contributed by atoms with van der Waals surface area (Å²) in [4.78, 5) is 10.8. The fourth-order valence-corrected chi connectivity index (χ4v) is 4.22. The first-order valence-electron chi connectivity index (χ1n) is 7.89. The second-order valence-corrected chi connectivity index (χ2v) is 8.26. The van der Waals surface area contributed by atoms with E-state index in [-0.39, 0.29) is 26.8 Å². The van der Waals surface area contributed by atoms with Crippen LogP contribution in [0.15, 0.2) is 76.5 Å². The van der Waals surface area contributed by atoms with Crippen LogP contribution in [0, 0.1) is 5.82 Å². The lowest BCUT2D eigenvalue weighted by atomic mass is 10.1. The van der Waals surface area contributed by atoms with Crippen LogP contribution in [-0.4, -0.2) is 19.5 Å². The van der Waals surface area contributed by atoms with Gasteiger partial charge in [0.15, 0.2) is 0 Å². The lowest BCUT2D eigenvalue weighted by Gasteiger charge is -2.09. The minimum absolute atomic E-state index is 0.0122. The van der Waals surface area contributed by atoms with Crippen LogP contribution in [-0.2, 0) is 21.1 Å². The summed E-state index contributed by atoms with van der Waals surface area (Å²) in [7, 11) is -3.89. The van der Waals surface area contributed by atoms with Crippen molar-refractivity contribution >= 4 is 27.4 Å². The quantitative estimate of drug-likeness (QED) is 0.674. The SMILES string of the molecule is O=C(O)Cc1cccc(S(=O)(=O)c2cccc(-c3ccc(Cl)cc3F)c2)c1. The fourth-order valence-electron chi connectivity index (χ4n) is 2.69. The highest BCUT2D eigenvalue weighted by Gasteiger charge is 2.19. The number of hydrogen-bond acceptors (Lipinski definition) is 3. The Kier molecular flexibility index (Phi) is 5.30. The van der Waals surface area contributed by atoms with E-state index in [4.69, 9.17) is 16.7 Å². The number of carboxylic acids is 1. The Balaban J connectivity index is 2.04. The highest BCUT2D eigenvalue weighted by atomic mass is 35.5. The molecule has 3 rings (SSSR count). The number of carbonyl (C=O) groups is 1. The molecule has 3 aromatic carbocycles. The van der Waals surface area contributed by atoms with Crippen LogP contribution < -0.4 is 0 Å². The van der Waals surface area contributed by atoms with Crippen molar-refractivity contribution in [2.75, 3.05) is 0 Å². The summed E-state index contributed by atoms with van der Waals surface area (Å²) >= 11 is 5.76. The number of hydrogen-bond donors (Lipinski definition) is 1. The van der Waals surface area contributed by atoms with Gasteiger partial charge in [0.05, 0.1) is 16.2 Å². The zero-order chi connectivity index (χ0) is 19.6. The number of rotatable bonds is 5. The van der Waals surface area contributed by atoms with Crippen molar-refractivity contribution < 1.29 is 22.7 Å². The van der Waals surface area contributed by atoms with E-state index >= 15 is 0 Å². The number of carboxylic acid groups (broad SMARTS) is 1. The molecular formula is C20H14ClFO4S. The van der Waals surface area contributed by atoms with Crippen LogP contribution >= 0.6 is 11.6 Å². The van der Waals surface area contributed by atoms with Gasteiger partial charge in [-0.2, -0.15) is 0 Å². The molecule has 4 nitrogen and oxygen atoms in total. The van der Waals surface area contributed by atoms with Gasteiger partial charge in [-0.1, -0.05) is 35.9 Å². The number of benzene rings is 3. The lowest BCUT2D eigenvalue weighted by Crippen LogP contribution is -2.05. The summed E-state index contributed by atoms with van der Waals surface area (Å²) in [6, 6.07) is 15.9. The predicted octanol–water partition coefficient (Wildman–Crippen LogP) is 4.61. The summed E-state index contributed by atoms with van der Waals surface area (Å²) in [5, 5.41) is 9.14. The molecule has 0 aliphatic carbocycles. The molecule has 3 aromatic rings. The van der Waals surface area contributed by atoms with E-state index in [1.807, 2.05) is 0 Å². The third kappa shape index (κ3) is 4.18. The first kappa shape index (κ1) is 19.1. The van der Waals surface area contributed by atoms with E-state index in [2.05, 4.69) is 0 Å². The summed E-state index contributed by atoms with van der Waals surface area (Å²) in [6.45, 7) is 0. The topological polar surface area (TPSA) is 71.4 Å². The lowest BCUT2D eigenvalue weighted by molar-refractivity contribution is -0.136. The van der Waals surface area contributed by atoms with Crippen LogP contribution in [0.1, 0.15) is 5.56 Å². The van der Waals surface area contributed by atoms with Crippen LogP contribution in [0.25, 0.3) is 11.1 Å². The Hall–Kier alpha value is -2.70. The van der Waals surface area contributed by atoms with Crippen molar-refractivity contribution in [1.82, 2.24) is 0 Å². The molecule has 0 unspecified atom stereocenters. The molecule has 0 heterocycles. The zero-order valence-electron chi connectivity index (χ0n) is 13.9. The van der Waals surface area contributed by atoms with Crippen LogP contribution in [0.5, 0.6) is 0 Å². The molecule has 0 radical (unpaired) electrons. The molecule has 0 bridgehead atoms. The monoisotopic (exact) mass is 404 g/mol. The summed E-state index contributed by atoms with van der Waals surface area (Å²) < 4.78 is 40.0. The van der Waals surface area contributed by atoms with Gasteiger partial charge in [0.25, 0.3) is 0 Å². The van der Waals surface area contributed by atoms with E-state index in [0.717, 1.165) is 6.07 Å². The average molecular weight is 405 g/mol. The van der Waals surface area contributed by atoms with Gasteiger partial charge in [0.2, 0.25) is 9.84 Å². The van der Waals surface area contributed by atoms with E-state index in [1.54, 1.807) is 12.1 Å². The number of sulfone groups is 1. The third-order valence-electron chi connectivity index (χ3n) is 3.95. The maximum absolute atomic E-state index is 14.2. The largest absolute Gasteiger partial charge is 0.481 e. The summed E-state index contributed by atoms with van der Waals surface area (Å²) in [5.74, 6) is -1.61. The summed E-state index contributed by atoms with van der Waals surface area (Å²) in [5.41, 5.74) is 1.01. The Morgan fingerprint density at radius 1 is 0.963 bits per heavy atom. The Bertz CT molecular complexity index is 1130. The molecule has 0 aliphatic rings. The molecule has 27 heavy (non-hydrogen) atoms. The number of halogens is 2. The molecular weight excluding hydrogens is 391 g/mol. The zero-order valence-corrected chi connectivity index (χ0v) is 15.5. The third-order valence-corrected chi connectivity index (χ3v) is 5.93. The van der Waals surface area contributed by atoms with Crippen molar-refractivity contribution in [2.45, 2.75) is 16.2 Å². The van der Waals surface area contributed by atoms with Crippen LogP contribution in [0.3, 0.4) is 0 Å². The predicted molar refractivity (Wildman–Crippen MR) is 100 cm³/mol. The second-order valence-electron chi connectivity index (χ2n) is 5.87. The van der Waals surface area contributed by atoms with Gasteiger partial charge < -0.3 is 5.11 Å². The van der Waals surface area contributed by atoms with Crippen LogP contribution in [0.4, 0.5) is 4.39 Å². The van der Waals surface area contributed by atoms with Gasteiger partial charge in [0.1, 0.15) is 5.82 Å². The molecule has 0 amide bonds. The molecule has 0 fully saturated rings. The Morgan fingerprint density at radius 2 is 1.63 bits per heavy atom. The highest BCUT2D eigenvalue weighted by Crippen LogP contribution is 2.29. The maximum atomic E-state index is 14.2. The molecule has 0 spiro atoms. The normalized spacial score (nSPS) is 11.3. The summed E-state index contributed by atoms with van der Waals surface area (Å²) in [6.07, 6.45) is -0.278. The van der Waals surface area contributed by atoms with Crippen molar-refractivity contribution in [3.63, 3.8) is 0 Å². The molecule has 0 aliphatic heterocycles. The van der Waals surface area contributed by atoms with Gasteiger partial charge in [0, 0.05) is 10.6 Å². The van der Waals surface area contributed by atoms with Gasteiger partial charge in [-0.05, 0) is 53.6 Å². The maximum Gasteiger partial charge on any atom is 0.307 e. The molecule has 1 N–H and O–H groups in total. The molecule has 0 saturated carbocycles. The number of aliphatic carboxylic acids is 1. The first-order valence-corrected chi connectivity index (χ1v) is 9.75. The van der Waals surface area contributed by atoms with Gasteiger partial charge in [-0.15, -0.1) is 0 Å². The van der Waals surface area contributed by atoms with E-state index in [1.165, 1.54) is 48.5 Å². The Labute approximate surface area is 160 Å². The van der Waals surface area contributed by atoms with Crippen molar-refractivity contribution in [3.05, 3.63) is 83.1 Å². The van der Waals surface area contributed by atoms with E-state index in [0.29, 0.717) is 11.1 Å². The Morgan fingerprint density at radius 3 is 2.30 bits per heavy atom. The molecule has 0 aromatic heterocycles. The minimum Gasteiger partial charge on any atom is -0.481 e. The van der Waals surface area contributed by atoms with Crippen molar-refractivity contribution in [2.24, 2.45) is 0 Å². The average Bonchev–Trinajstić information content (AvgIpc) is 2.61. The molecule has 0 saturated heterocycles. The molecule has 7 heteroatoms. The smallest absolute Gasteiger partial charge is 0.307 e. The van der Waals surface area contributed by atoms with Gasteiger partial charge in [-0.3, -0.25) is 4.79 Å². The molecule has 0 atom stereocenters. The standard InChI is InChI=1S/C20H14ClFO4S/c21-15-7-8-18(19(22)12-15)14-4-2-6-17(11-14)27(25,26)16-5-1-3-13(9-16)10-20(23)24/h1-9,11-12H,10H2,(H,23,24). The van der Waals surface area contributed by atoms with Crippen molar-refractivity contribution in [3.8, 4) is 11.1 Å². The fraction of sp³-hybridized carbons (Fsp3) is 0.0500. The second kappa shape index (κ2) is 7.50. The van der Waals surface area contributed by atoms with Gasteiger partial charge >= 0.3 is 5.97 Å². The highest BCUT2D eigenvalue weighted by molar-refractivity contribution is 7.91.